The second-order valence-corrected chi connectivity index (χ2v) is 20.4. The van der Waals surface area contributed by atoms with Gasteiger partial charge in [-0.1, -0.05) is 82.5 Å². The highest BCUT2D eigenvalue weighted by molar-refractivity contribution is 9.10. The first kappa shape index (κ1) is 44.7. The predicted molar refractivity (Wildman–Crippen MR) is 269 cm³/mol. The molecule has 4 atom stereocenters. The molecule has 8 aliphatic carbocycles. The van der Waals surface area contributed by atoms with Crippen LogP contribution in [0.2, 0.25) is 0 Å². The number of hydrogen-bond acceptors (Lipinski definition) is 6. The number of aryl methyl sites for hydroxylation is 2. The fraction of sp³-hybridized carbons (Fsp3) is 0.429. The van der Waals surface area contributed by atoms with E-state index in [0.717, 1.165) is 57.1 Å². The second-order valence-electron chi connectivity index (χ2n) is 19.4. The number of nitrogens with one attached hydrogen (secondary N) is 1. The fourth-order valence-electron chi connectivity index (χ4n) is 12.0. The van der Waals surface area contributed by atoms with Crippen molar-refractivity contribution in [1.82, 2.24) is 5.32 Å². The number of nitrogens with two attached hydrogens (primary N) is 3. The first-order valence-corrected chi connectivity index (χ1v) is 24.9. The second kappa shape index (κ2) is 19.2. The zero-order chi connectivity index (χ0) is 44.6. The summed E-state index contributed by atoms with van der Waals surface area (Å²) in [5, 5.41) is 14.4. The van der Waals surface area contributed by atoms with Gasteiger partial charge in [0, 0.05) is 40.8 Å². The molecular formula is C56H66BrN5O2. The number of nitro benzene ring substituents is 1. The number of nitro groups is 1. The Bertz CT molecular complexity index is 2530. The molecule has 0 aromatic heterocycles. The van der Waals surface area contributed by atoms with Crippen molar-refractivity contribution in [3.63, 3.8) is 0 Å². The van der Waals surface area contributed by atoms with Gasteiger partial charge in [0.05, 0.1) is 4.92 Å². The average molecular weight is 921 g/mol. The van der Waals surface area contributed by atoms with E-state index in [4.69, 9.17) is 17.2 Å². The van der Waals surface area contributed by atoms with Crippen LogP contribution < -0.4 is 22.5 Å². The molecule has 8 aliphatic rings. The van der Waals surface area contributed by atoms with Crippen LogP contribution in [-0.2, 0) is 25.7 Å². The van der Waals surface area contributed by atoms with E-state index in [-0.39, 0.29) is 16.7 Å². The van der Waals surface area contributed by atoms with Crippen LogP contribution in [0.25, 0.3) is 22.3 Å². The van der Waals surface area contributed by atoms with Crippen molar-refractivity contribution >= 4 is 43.9 Å². The molecule has 4 aromatic carbocycles. The Morgan fingerprint density at radius 1 is 0.562 bits per heavy atom. The summed E-state index contributed by atoms with van der Waals surface area (Å²) in [7, 11) is 0. The Labute approximate surface area is 389 Å². The lowest BCUT2D eigenvalue weighted by Crippen LogP contribution is -2.32. The summed E-state index contributed by atoms with van der Waals surface area (Å²) < 4.78 is 1.18. The highest BCUT2D eigenvalue weighted by Gasteiger charge is 2.32. The molecule has 7 nitrogen and oxygen atoms in total. The molecule has 0 spiro atoms. The van der Waals surface area contributed by atoms with E-state index < -0.39 is 0 Å². The highest BCUT2D eigenvalue weighted by atomic mass is 79.9. The first-order chi connectivity index (χ1) is 31.0. The molecule has 334 valence electrons. The van der Waals surface area contributed by atoms with Gasteiger partial charge in [-0.3, -0.25) is 10.1 Å². The Hall–Kier alpha value is -4.44. The minimum atomic E-state index is -0.332. The number of allylic oxidation sites excluding steroid dienone is 4. The van der Waals surface area contributed by atoms with Crippen molar-refractivity contribution in [3.8, 4) is 0 Å². The van der Waals surface area contributed by atoms with Gasteiger partial charge in [0.15, 0.2) is 0 Å². The summed E-state index contributed by atoms with van der Waals surface area (Å²) in [5.41, 5.74) is 44.6. The molecule has 0 amide bonds. The SMILES string of the molecule is CCNC1CCCC2=C1Cc1ccc(C)cc12.Cc1ccc2c(c1)C1=C(C2)C(N)CCC1.NC1CCCC2=C1Cc1ccc(Br)cc12.NC1CCCC2=C1Cc1ccc([N+](=O)[O-])cc12. The van der Waals surface area contributed by atoms with Crippen molar-refractivity contribution in [2.45, 2.75) is 148 Å². The van der Waals surface area contributed by atoms with Crippen molar-refractivity contribution < 1.29 is 4.92 Å². The van der Waals surface area contributed by atoms with E-state index in [1.807, 2.05) is 6.07 Å². The minimum Gasteiger partial charge on any atom is -0.324 e. The maximum Gasteiger partial charge on any atom is 0.270 e. The summed E-state index contributed by atoms with van der Waals surface area (Å²) in [6.07, 6.45) is 18.6. The molecule has 0 radical (unpaired) electrons. The van der Waals surface area contributed by atoms with Crippen LogP contribution in [0.1, 0.15) is 140 Å². The molecule has 7 N–H and O–H groups in total. The van der Waals surface area contributed by atoms with Crippen LogP contribution in [0.15, 0.2) is 99.6 Å². The Morgan fingerprint density at radius 2 is 0.953 bits per heavy atom. The van der Waals surface area contributed by atoms with E-state index in [0.29, 0.717) is 18.1 Å². The molecule has 64 heavy (non-hydrogen) atoms. The van der Waals surface area contributed by atoms with Gasteiger partial charge in [-0.15, -0.1) is 0 Å². The largest absolute Gasteiger partial charge is 0.324 e. The molecule has 0 heterocycles. The van der Waals surface area contributed by atoms with E-state index in [2.05, 4.69) is 96.6 Å². The standard InChI is InChI=1S/C16H21N.C14H17N.C13H14BrN.C13H14N2O2/c1-3-17-16-6-4-5-13-14-9-11(2)7-8-12(14)10-15(13)16;1-9-5-6-10-8-13-11(12(10)7-9)3-2-4-14(13)15;14-9-5-4-8-6-12-10(11(8)7-9)2-1-3-13(12)15;14-13-3-1-2-10-11-7-9(15(16)17)5-4-8(11)6-12(10)13/h7-9,16-17H,3-6,10H2,1-2H3;5-7,14H,2-4,8,15H2,1H3;4-5,7,13H,1-3,6,15H2;4-5,7,13H,1-3,6,14H2. The maximum atomic E-state index is 10.8. The van der Waals surface area contributed by atoms with Crippen molar-refractivity contribution in [1.29, 1.82) is 0 Å². The predicted octanol–water partition coefficient (Wildman–Crippen LogP) is 12.0. The number of nitrogens with zero attached hydrogens (tertiary/aromatic N) is 1. The highest BCUT2D eigenvalue weighted by Crippen LogP contribution is 2.45. The third-order valence-electron chi connectivity index (χ3n) is 15.2. The van der Waals surface area contributed by atoms with Crippen molar-refractivity contribution in [2.24, 2.45) is 17.2 Å². The van der Waals surface area contributed by atoms with Crippen LogP contribution in [0.4, 0.5) is 5.69 Å². The van der Waals surface area contributed by atoms with Crippen LogP contribution >= 0.6 is 15.9 Å². The number of hydrogen-bond donors (Lipinski definition) is 4. The maximum absolute atomic E-state index is 10.8. The zero-order valence-electron chi connectivity index (χ0n) is 38.1. The Kier molecular flexibility index (Phi) is 13.4. The van der Waals surface area contributed by atoms with Gasteiger partial charge in [0.2, 0.25) is 0 Å². The van der Waals surface area contributed by atoms with Gasteiger partial charge in [-0.05, 0) is 224 Å². The summed E-state index contributed by atoms with van der Waals surface area (Å²) in [5.74, 6) is 0. The van der Waals surface area contributed by atoms with E-state index in [1.54, 1.807) is 40.0 Å². The lowest BCUT2D eigenvalue weighted by molar-refractivity contribution is -0.384. The molecule has 12 rings (SSSR count). The Balaban J connectivity index is 0.000000108. The smallest absolute Gasteiger partial charge is 0.270 e. The lowest BCUT2D eigenvalue weighted by atomic mass is 9.88. The average Bonchev–Trinajstić information content (AvgIpc) is 4.06. The number of benzene rings is 4. The molecule has 8 heteroatoms. The quantitative estimate of drug-likeness (QED) is 0.119. The van der Waals surface area contributed by atoms with Crippen LogP contribution in [-0.4, -0.2) is 35.6 Å². The van der Waals surface area contributed by atoms with E-state index in [1.165, 1.54) is 129 Å². The number of likely N-dealkylation sites (N-methyl/N-ethyl adjacent to an activating group) is 1. The van der Waals surface area contributed by atoms with Crippen molar-refractivity contribution in [2.75, 3.05) is 6.54 Å². The van der Waals surface area contributed by atoms with Crippen LogP contribution in [0.3, 0.4) is 0 Å². The minimum absolute atomic E-state index is 0.144. The molecule has 0 saturated heterocycles. The van der Waals surface area contributed by atoms with Gasteiger partial charge >= 0.3 is 0 Å². The third kappa shape index (κ3) is 9.06. The summed E-state index contributed by atoms with van der Waals surface area (Å²) >= 11 is 3.54. The lowest BCUT2D eigenvalue weighted by Gasteiger charge is -2.25. The fourth-order valence-corrected chi connectivity index (χ4v) is 12.4. The Morgan fingerprint density at radius 3 is 1.42 bits per heavy atom. The molecular weight excluding hydrogens is 855 g/mol. The van der Waals surface area contributed by atoms with Gasteiger partial charge in [0.25, 0.3) is 5.69 Å². The number of rotatable bonds is 3. The molecule has 0 saturated carbocycles. The van der Waals surface area contributed by atoms with E-state index >= 15 is 0 Å². The number of fused-ring (bicyclic) bond motifs is 8. The van der Waals surface area contributed by atoms with Gasteiger partial charge < -0.3 is 22.5 Å². The summed E-state index contributed by atoms with van der Waals surface area (Å²) in [6, 6.07) is 26.9. The monoisotopic (exact) mass is 919 g/mol. The normalized spacial score (nSPS) is 23.2. The zero-order valence-corrected chi connectivity index (χ0v) is 39.7. The molecule has 0 aliphatic heterocycles. The van der Waals surface area contributed by atoms with Gasteiger partial charge in [-0.2, -0.15) is 0 Å². The van der Waals surface area contributed by atoms with Crippen LogP contribution in [0, 0.1) is 24.0 Å². The molecule has 0 bridgehead atoms. The van der Waals surface area contributed by atoms with Crippen LogP contribution in [0.5, 0.6) is 0 Å². The molecule has 4 unspecified atom stereocenters. The summed E-state index contributed by atoms with van der Waals surface area (Å²) in [4.78, 5) is 10.5. The first-order valence-electron chi connectivity index (χ1n) is 24.1. The molecule has 0 fully saturated rings. The summed E-state index contributed by atoms with van der Waals surface area (Å²) in [6.45, 7) is 7.66. The van der Waals surface area contributed by atoms with Gasteiger partial charge in [-0.25, -0.2) is 0 Å². The topological polar surface area (TPSA) is 133 Å². The van der Waals surface area contributed by atoms with Gasteiger partial charge in [0.1, 0.15) is 0 Å². The van der Waals surface area contributed by atoms with Crippen molar-refractivity contribution in [3.05, 3.63) is 165 Å². The third-order valence-corrected chi connectivity index (χ3v) is 15.7. The van der Waals surface area contributed by atoms with E-state index in [9.17, 15) is 10.1 Å². The molecule has 4 aromatic rings. The number of halogens is 1. The number of non-ortho nitro benzene ring substituents is 1.